The molecule has 0 saturated carbocycles. The second-order valence-electron chi connectivity index (χ2n) is 3.05. The maximum Gasteiger partial charge on any atom is 0.248 e. The van der Waals surface area contributed by atoms with Gasteiger partial charge in [-0.25, -0.2) is 4.39 Å². The Labute approximate surface area is 90.3 Å². The van der Waals surface area contributed by atoms with Gasteiger partial charge in [0.15, 0.2) is 0 Å². The van der Waals surface area contributed by atoms with E-state index in [1.807, 2.05) is 0 Å². The molecule has 0 unspecified atom stereocenters. The van der Waals surface area contributed by atoms with Crippen LogP contribution >= 0.6 is 11.6 Å². The topological polar surface area (TPSA) is 32.9 Å². The maximum atomic E-state index is 13.0. The summed E-state index contributed by atoms with van der Waals surface area (Å²) in [5.41, 5.74) is 0.745. The van der Waals surface area contributed by atoms with E-state index >= 15 is 0 Å². The van der Waals surface area contributed by atoms with Crippen LogP contribution in [0.15, 0.2) is 41.2 Å². The van der Waals surface area contributed by atoms with Gasteiger partial charge in [-0.1, -0.05) is 17.7 Å². The van der Waals surface area contributed by atoms with Gasteiger partial charge in [-0.2, -0.15) is 0 Å². The summed E-state index contributed by atoms with van der Waals surface area (Å²) in [4.78, 5) is 13.7. The van der Waals surface area contributed by atoms with Crippen molar-refractivity contribution in [1.29, 1.82) is 0 Å². The zero-order chi connectivity index (χ0) is 10.8. The number of nitrogens with one attached hydrogen (secondary N) is 1. The Morgan fingerprint density at radius 3 is 2.73 bits per heavy atom. The zero-order valence-corrected chi connectivity index (χ0v) is 8.38. The highest BCUT2D eigenvalue weighted by molar-refractivity contribution is 6.33. The SMILES string of the molecule is O=c1cccc(-c2cc(F)ccc2Cl)[nH]1. The molecule has 2 nitrogen and oxygen atoms in total. The van der Waals surface area contributed by atoms with Crippen molar-refractivity contribution in [1.82, 2.24) is 4.98 Å². The number of benzene rings is 1. The van der Waals surface area contributed by atoms with Gasteiger partial charge in [-0.15, -0.1) is 0 Å². The average molecular weight is 224 g/mol. The monoisotopic (exact) mass is 223 g/mol. The third-order valence-electron chi connectivity index (χ3n) is 1.99. The molecule has 0 spiro atoms. The maximum absolute atomic E-state index is 13.0. The highest BCUT2D eigenvalue weighted by Gasteiger charge is 2.05. The number of aromatic amines is 1. The van der Waals surface area contributed by atoms with E-state index in [1.54, 1.807) is 12.1 Å². The zero-order valence-electron chi connectivity index (χ0n) is 7.63. The van der Waals surface area contributed by atoms with E-state index in [4.69, 9.17) is 11.6 Å². The van der Waals surface area contributed by atoms with Crippen LogP contribution in [0.1, 0.15) is 0 Å². The number of hydrogen-bond donors (Lipinski definition) is 1. The molecule has 15 heavy (non-hydrogen) atoms. The number of H-pyrrole nitrogens is 1. The van der Waals surface area contributed by atoms with Crippen molar-refractivity contribution in [2.45, 2.75) is 0 Å². The van der Waals surface area contributed by atoms with Crippen LogP contribution in [-0.4, -0.2) is 4.98 Å². The van der Waals surface area contributed by atoms with Crippen molar-refractivity contribution in [3.05, 3.63) is 57.6 Å². The molecule has 0 radical (unpaired) electrons. The normalized spacial score (nSPS) is 10.3. The molecule has 0 bridgehead atoms. The van der Waals surface area contributed by atoms with E-state index < -0.39 is 0 Å². The quantitative estimate of drug-likeness (QED) is 0.792. The molecule has 0 atom stereocenters. The molecule has 1 heterocycles. The first-order chi connectivity index (χ1) is 7.16. The molecule has 4 heteroatoms. The van der Waals surface area contributed by atoms with Crippen LogP contribution in [0.5, 0.6) is 0 Å². The summed E-state index contributed by atoms with van der Waals surface area (Å²) in [7, 11) is 0. The van der Waals surface area contributed by atoms with Crippen molar-refractivity contribution < 1.29 is 4.39 Å². The predicted octanol–water partition coefficient (Wildman–Crippen LogP) is 2.83. The molecule has 0 amide bonds. The Kier molecular flexibility index (Phi) is 2.56. The van der Waals surface area contributed by atoms with Crippen molar-refractivity contribution in [3.8, 4) is 11.3 Å². The fraction of sp³-hybridized carbons (Fsp3) is 0. The number of aromatic nitrogens is 1. The lowest BCUT2D eigenvalue weighted by atomic mass is 10.1. The van der Waals surface area contributed by atoms with Crippen LogP contribution in [0.25, 0.3) is 11.3 Å². The van der Waals surface area contributed by atoms with Crippen molar-refractivity contribution in [2.24, 2.45) is 0 Å². The molecule has 2 rings (SSSR count). The van der Waals surface area contributed by atoms with E-state index in [9.17, 15) is 9.18 Å². The van der Waals surface area contributed by atoms with Crippen LogP contribution in [0.3, 0.4) is 0 Å². The highest BCUT2D eigenvalue weighted by atomic mass is 35.5. The fourth-order valence-corrected chi connectivity index (χ4v) is 1.53. The third-order valence-corrected chi connectivity index (χ3v) is 2.32. The first kappa shape index (κ1) is 9.93. The molecule has 1 aromatic carbocycles. The van der Waals surface area contributed by atoms with E-state index in [0.717, 1.165) is 0 Å². The second kappa shape index (κ2) is 3.87. The van der Waals surface area contributed by atoms with Crippen LogP contribution in [-0.2, 0) is 0 Å². The first-order valence-corrected chi connectivity index (χ1v) is 4.69. The largest absolute Gasteiger partial charge is 0.322 e. The fourth-order valence-electron chi connectivity index (χ4n) is 1.31. The van der Waals surface area contributed by atoms with Gasteiger partial charge in [0, 0.05) is 17.3 Å². The summed E-state index contributed by atoms with van der Waals surface area (Å²) in [6.07, 6.45) is 0. The molecule has 0 fully saturated rings. The van der Waals surface area contributed by atoms with Gasteiger partial charge in [0.25, 0.3) is 0 Å². The number of halogens is 2. The molecular weight excluding hydrogens is 217 g/mol. The summed E-state index contributed by atoms with van der Waals surface area (Å²) in [6.45, 7) is 0. The summed E-state index contributed by atoms with van der Waals surface area (Å²) in [5, 5.41) is 0.401. The summed E-state index contributed by atoms with van der Waals surface area (Å²) in [5.74, 6) is -0.390. The van der Waals surface area contributed by atoms with Crippen LogP contribution < -0.4 is 5.56 Å². The molecule has 2 aromatic rings. The Balaban J connectivity index is 2.63. The van der Waals surface area contributed by atoms with Gasteiger partial charge in [-0.05, 0) is 24.3 Å². The van der Waals surface area contributed by atoms with Gasteiger partial charge in [0.05, 0.1) is 5.02 Å². The number of rotatable bonds is 1. The molecule has 0 aliphatic heterocycles. The Morgan fingerprint density at radius 2 is 2.00 bits per heavy atom. The van der Waals surface area contributed by atoms with E-state index in [0.29, 0.717) is 16.3 Å². The van der Waals surface area contributed by atoms with Crippen molar-refractivity contribution >= 4 is 11.6 Å². The standard InChI is InChI=1S/C11H7ClFNO/c12-9-5-4-7(13)6-8(9)10-2-1-3-11(15)14-10/h1-6H,(H,14,15). The minimum absolute atomic E-state index is 0.243. The third kappa shape index (κ3) is 2.07. The molecule has 76 valence electrons. The van der Waals surface area contributed by atoms with E-state index in [2.05, 4.69) is 4.98 Å². The predicted molar refractivity (Wildman–Crippen MR) is 57.5 cm³/mol. The van der Waals surface area contributed by atoms with E-state index in [-0.39, 0.29) is 11.4 Å². The summed E-state index contributed by atoms with van der Waals surface area (Å²) in [6, 6.07) is 8.66. The van der Waals surface area contributed by atoms with Gasteiger partial charge in [-0.3, -0.25) is 4.79 Å². The number of hydrogen-bond acceptors (Lipinski definition) is 1. The minimum Gasteiger partial charge on any atom is -0.322 e. The van der Waals surface area contributed by atoms with Gasteiger partial charge < -0.3 is 4.98 Å². The first-order valence-electron chi connectivity index (χ1n) is 4.31. The molecule has 1 aromatic heterocycles. The van der Waals surface area contributed by atoms with Crippen molar-refractivity contribution in [2.75, 3.05) is 0 Å². The Bertz CT molecular complexity index is 550. The smallest absolute Gasteiger partial charge is 0.248 e. The summed E-state index contributed by atoms with van der Waals surface area (Å²) >= 11 is 5.89. The summed E-state index contributed by atoms with van der Waals surface area (Å²) < 4.78 is 13.0. The molecule has 0 aliphatic carbocycles. The van der Waals surface area contributed by atoms with Crippen LogP contribution in [0.2, 0.25) is 5.02 Å². The average Bonchev–Trinajstić information content (AvgIpc) is 2.22. The minimum atomic E-state index is -0.390. The van der Waals surface area contributed by atoms with Crippen molar-refractivity contribution in [3.63, 3.8) is 0 Å². The highest BCUT2D eigenvalue weighted by Crippen LogP contribution is 2.26. The van der Waals surface area contributed by atoms with Gasteiger partial charge in [0.1, 0.15) is 5.82 Å². The van der Waals surface area contributed by atoms with Crippen LogP contribution in [0, 0.1) is 5.82 Å². The van der Waals surface area contributed by atoms with Gasteiger partial charge in [0.2, 0.25) is 5.56 Å². The lowest BCUT2D eigenvalue weighted by Gasteiger charge is -2.03. The van der Waals surface area contributed by atoms with Crippen LogP contribution in [0.4, 0.5) is 4.39 Å². The Morgan fingerprint density at radius 1 is 1.20 bits per heavy atom. The van der Waals surface area contributed by atoms with Gasteiger partial charge >= 0.3 is 0 Å². The molecule has 0 aliphatic rings. The van der Waals surface area contributed by atoms with E-state index in [1.165, 1.54) is 24.3 Å². The molecule has 1 N–H and O–H groups in total. The number of pyridine rings is 1. The lowest BCUT2D eigenvalue weighted by Crippen LogP contribution is -2.03. The molecule has 0 saturated heterocycles. The molecular formula is C11H7ClFNO. The second-order valence-corrected chi connectivity index (χ2v) is 3.46. The Hall–Kier alpha value is -1.61. The lowest BCUT2D eigenvalue weighted by molar-refractivity contribution is 0.628.